The third-order valence-corrected chi connectivity index (χ3v) is 3.25. The van der Waals surface area contributed by atoms with E-state index < -0.39 is 23.8 Å². The number of para-hydroxylation sites is 1. The molecule has 0 aliphatic heterocycles. The molecule has 0 spiro atoms. The first-order valence-corrected chi connectivity index (χ1v) is 6.98. The third-order valence-electron chi connectivity index (χ3n) is 3.25. The highest BCUT2D eigenvalue weighted by Gasteiger charge is 2.30. The van der Waals surface area contributed by atoms with Crippen molar-refractivity contribution >= 4 is 11.6 Å². The van der Waals surface area contributed by atoms with Crippen molar-refractivity contribution in [1.29, 1.82) is 0 Å². The summed E-state index contributed by atoms with van der Waals surface area (Å²) in [6.07, 6.45) is -5.18. The van der Waals surface area contributed by atoms with E-state index in [2.05, 4.69) is 5.32 Å². The summed E-state index contributed by atoms with van der Waals surface area (Å²) in [7, 11) is 0. The summed E-state index contributed by atoms with van der Waals surface area (Å²) in [6, 6.07) is 11.5. The molecule has 0 unspecified atom stereocenters. The number of carbonyl (C=O) groups excluding carboxylic acids is 1. The van der Waals surface area contributed by atoms with Crippen molar-refractivity contribution < 1.29 is 22.7 Å². The van der Waals surface area contributed by atoms with Gasteiger partial charge in [-0.15, -0.1) is 0 Å². The number of hydrogen-bond donors (Lipinski definition) is 1. The molecule has 1 N–H and O–H groups in total. The number of carbonyl (C=O) groups is 1. The molecule has 0 bridgehead atoms. The van der Waals surface area contributed by atoms with Crippen LogP contribution in [0.4, 0.5) is 18.9 Å². The lowest BCUT2D eigenvalue weighted by atomic mass is 10.2. The largest absolute Gasteiger partial charge is 0.481 e. The maximum Gasteiger partial charge on any atom is 0.416 e. The van der Waals surface area contributed by atoms with Gasteiger partial charge in [-0.05, 0) is 49.7 Å². The molecule has 23 heavy (non-hydrogen) atoms. The van der Waals surface area contributed by atoms with Crippen LogP contribution in [0.25, 0.3) is 0 Å². The molecule has 0 aromatic heterocycles. The average molecular weight is 323 g/mol. The van der Waals surface area contributed by atoms with E-state index >= 15 is 0 Å². The first-order valence-electron chi connectivity index (χ1n) is 6.98. The molecule has 0 saturated carbocycles. The molecule has 3 nitrogen and oxygen atoms in total. The molecule has 122 valence electrons. The second-order valence-corrected chi connectivity index (χ2v) is 5.09. The lowest BCUT2D eigenvalue weighted by molar-refractivity contribution is -0.137. The highest BCUT2D eigenvalue weighted by molar-refractivity contribution is 5.94. The van der Waals surface area contributed by atoms with Gasteiger partial charge in [-0.2, -0.15) is 13.2 Å². The first kappa shape index (κ1) is 16.9. The molecule has 0 saturated heterocycles. The zero-order valence-corrected chi connectivity index (χ0v) is 12.6. The number of ether oxygens (including phenoxy) is 1. The minimum absolute atomic E-state index is 0.281. The lowest BCUT2D eigenvalue weighted by Gasteiger charge is -2.16. The van der Waals surface area contributed by atoms with E-state index in [-0.39, 0.29) is 5.69 Å². The molecule has 6 heteroatoms. The summed E-state index contributed by atoms with van der Waals surface area (Å²) in [5, 5.41) is 2.53. The molecule has 2 aromatic rings. The van der Waals surface area contributed by atoms with Crippen molar-refractivity contribution in [3.8, 4) is 5.75 Å². The Morgan fingerprint density at radius 3 is 2.26 bits per heavy atom. The summed E-state index contributed by atoms with van der Waals surface area (Å²) in [5.41, 5.74) is 0.407. The van der Waals surface area contributed by atoms with Crippen LogP contribution in [0.3, 0.4) is 0 Å². The molecule has 2 rings (SSSR count). The Labute approximate surface area is 132 Å². The van der Waals surface area contributed by atoms with Crippen LogP contribution in [-0.4, -0.2) is 12.0 Å². The zero-order valence-electron chi connectivity index (χ0n) is 12.6. The van der Waals surface area contributed by atoms with Crippen molar-refractivity contribution in [2.24, 2.45) is 0 Å². The fraction of sp³-hybridized carbons (Fsp3) is 0.235. The van der Waals surface area contributed by atoms with Crippen LogP contribution in [0.15, 0.2) is 48.5 Å². The van der Waals surface area contributed by atoms with E-state index in [4.69, 9.17) is 4.74 Å². The molecule has 1 atom stereocenters. The number of aryl methyl sites for hydroxylation is 1. The Hall–Kier alpha value is -2.50. The van der Waals surface area contributed by atoms with Gasteiger partial charge in [0.15, 0.2) is 6.10 Å². The molecule has 2 aromatic carbocycles. The van der Waals surface area contributed by atoms with Crippen LogP contribution in [0.1, 0.15) is 18.1 Å². The summed E-state index contributed by atoms with van der Waals surface area (Å²) in [4.78, 5) is 12.1. The minimum atomic E-state index is -4.40. The van der Waals surface area contributed by atoms with Crippen LogP contribution in [-0.2, 0) is 11.0 Å². The van der Waals surface area contributed by atoms with Crippen molar-refractivity contribution in [1.82, 2.24) is 0 Å². The molecule has 0 radical (unpaired) electrons. The predicted octanol–water partition coefficient (Wildman–Crippen LogP) is 4.42. The molecular weight excluding hydrogens is 307 g/mol. The van der Waals surface area contributed by atoms with Crippen LogP contribution in [0.2, 0.25) is 0 Å². The van der Waals surface area contributed by atoms with Crippen molar-refractivity contribution in [3.05, 3.63) is 59.7 Å². The average Bonchev–Trinajstić information content (AvgIpc) is 2.49. The van der Waals surface area contributed by atoms with Crippen molar-refractivity contribution in [2.45, 2.75) is 26.1 Å². The number of alkyl halides is 3. The second-order valence-electron chi connectivity index (χ2n) is 5.09. The van der Waals surface area contributed by atoms with Gasteiger partial charge in [-0.25, -0.2) is 0 Å². The number of hydrogen-bond acceptors (Lipinski definition) is 2. The van der Waals surface area contributed by atoms with Gasteiger partial charge in [-0.3, -0.25) is 4.79 Å². The summed E-state index contributed by atoms with van der Waals surface area (Å²) in [5.74, 6) is 0.149. The number of anilines is 1. The van der Waals surface area contributed by atoms with E-state index in [1.54, 1.807) is 19.1 Å². The third kappa shape index (κ3) is 4.48. The van der Waals surface area contributed by atoms with Crippen molar-refractivity contribution in [2.75, 3.05) is 5.32 Å². The van der Waals surface area contributed by atoms with Gasteiger partial charge >= 0.3 is 6.18 Å². The molecule has 0 heterocycles. The van der Waals surface area contributed by atoms with E-state index in [1.807, 2.05) is 19.1 Å². The Bertz CT molecular complexity index is 681. The monoisotopic (exact) mass is 323 g/mol. The van der Waals surface area contributed by atoms with Gasteiger partial charge in [-0.1, -0.05) is 18.2 Å². The molecule has 1 amide bonds. The summed E-state index contributed by atoms with van der Waals surface area (Å²) in [6.45, 7) is 3.43. The number of amides is 1. The highest BCUT2D eigenvalue weighted by atomic mass is 19.4. The summed E-state index contributed by atoms with van der Waals surface area (Å²) < 4.78 is 43.0. The topological polar surface area (TPSA) is 38.3 Å². The number of halogens is 3. The highest BCUT2D eigenvalue weighted by Crippen LogP contribution is 2.29. The molecule has 0 fully saturated rings. The predicted molar refractivity (Wildman–Crippen MR) is 81.3 cm³/mol. The fourth-order valence-corrected chi connectivity index (χ4v) is 1.92. The summed E-state index contributed by atoms with van der Waals surface area (Å²) >= 11 is 0. The van der Waals surface area contributed by atoms with Gasteiger partial charge in [0.1, 0.15) is 5.75 Å². The van der Waals surface area contributed by atoms with Crippen molar-refractivity contribution in [3.63, 3.8) is 0 Å². The van der Waals surface area contributed by atoms with Gasteiger partial charge in [0.25, 0.3) is 5.91 Å². The van der Waals surface area contributed by atoms with E-state index in [9.17, 15) is 18.0 Å². The van der Waals surface area contributed by atoms with E-state index in [0.29, 0.717) is 5.75 Å². The van der Waals surface area contributed by atoms with Gasteiger partial charge in [0.2, 0.25) is 0 Å². The Morgan fingerprint density at radius 1 is 1.09 bits per heavy atom. The van der Waals surface area contributed by atoms with Gasteiger partial charge < -0.3 is 10.1 Å². The maximum atomic E-state index is 12.5. The zero-order chi connectivity index (χ0) is 17.0. The van der Waals surface area contributed by atoms with Gasteiger partial charge in [0, 0.05) is 5.69 Å². The van der Waals surface area contributed by atoms with Crippen LogP contribution >= 0.6 is 0 Å². The Kier molecular flexibility index (Phi) is 4.93. The standard InChI is InChI=1S/C17H16F3NO2/c1-11-5-3-4-6-15(11)23-12(2)16(22)21-14-9-7-13(8-10-14)17(18,19)20/h3-10,12H,1-2H3,(H,21,22)/t12-/m1/s1. The molecular formula is C17H16F3NO2. The normalized spacial score (nSPS) is 12.6. The number of rotatable bonds is 4. The lowest BCUT2D eigenvalue weighted by Crippen LogP contribution is -2.30. The van der Waals surface area contributed by atoms with E-state index in [0.717, 1.165) is 17.7 Å². The van der Waals surface area contributed by atoms with Crippen LogP contribution in [0.5, 0.6) is 5.75 Å². The SMILES string of the molecule is Cc1ccccc1O[C@H](C)C(=O)Nc1ccc(C(F)(F)F)cc1. The second kappa shape index (κ2) is 6.73. The quantitative estimate of drug-likeness (QED) is 0.904. The smallest absolute Gasteiger partial charge is 0.416 e. The van der Waals surface area contributed by atoms with Crippen LogP contribution < -0.4 is 10.1 Å². The van der Waals surface area contributed by atoms with Gasteiger partial charge in [0.05, 0.1) is 5.56 Å². The number of nitrogens with one attached hydrogen (secondary N) is 1. The minimum Gasteiger partial charge on any atom is -0.481 e. The molecule has 0 aliphatic rings. The fourth-order valence-electron chi connectivity index (χ4n) is 1.92. The maximum absolute atomic E-state index is 12.5. The Balaban J connectivity index is 2.00. The Morgan fingerprint density at radius 2 is 1.70 bits per heavy atom. The first-order chi connectivity index (χ1) is 10.8. The van der Waals surface area contributed by atoms with E-state index in [1.165, 1.54) is 12.1 Å². The molecule has 0 aliphatic carbocycles. The van der Waals surface area contributed by atoms with Crippen LogP contribution in [0, 0.1) is 6.92 Å². The number of benzene rings is 2.